The standard InChI is InChI=1S/C23H26N2O6S2/c1-18-12-14-20(15-13-18)32(27,28)24-16-19(26)17-25(22-10-6-7-11-23(22)31-2)33(29,30)21-8-4-3-5-9-21/h3-15,19,24,26H,16-17H2,1-2H3/t19-/m0/s1. The lowest BCUT2D eigenvalue weighted by molar-refractivity contribution is 0.187. The molecule has 33 heavy (non-hydrogen) atoms. The third-order valence-corrected chi connectivity index (χ3v) is 8.14. The van der Waals surface area contributed by atoms with Gasteiger partial charge in [0.2, 0.25) is 10.0 Å². The fraction of sp³-hybridized carbons (Fsp3) is 0.217. The molecule has 0 radical (unpaired) electrons. The van der Waals surface area contributed by atoms with E-state index in [4.69, 9.17) is 4.74 Å². The molecule has 1 atom stereocenters. The van der Waals surface area contributed by atoms with Crippen molar-refractivity contribution in [2.45, 2.75) is 22.8 Å². The molecule has 0 aliphatic rings. The van der Waals surface area contributed by atoms with Gasteiger partial charge in [-0.05, 0) is 43.3 Å². The van der Waals surface area contributed by atoms with Crippen molar-refractivity contribution < 1.29 is 26.7 Å². The summed E-state index contributed by atoms with van der Waals surface area (Å²) in [5.41, 5.74) is 1.14. The Balaban J connectivity index is 1.86. The molecule has 3 aromatic rings. The van der Waals surface area contributed by atoms with E-state index < -0.39 is 32.7 Å². The summed E-state index contributed by atoms with van der Waals surface area (Å²) in [4.78, 5) is 0.0853. The number of hydrogen-bond acceptors (Lipinski definition) is 6. The molecule has 0 aliphatic carbocycles. The van der Waals surface area contributed by atoms with Crippen LogP contribution in [-0.4, -0.2) is 48.2 Å². The summed E-state index contributed by atoms with van der Waals surface area (Å²) in [6.07, 6.45) is -1.34. The second kappa shape index (κ2) is 10.3. The fourth-order valence-electron chi connectivity index (χ4n) is 3.14. The first-order chi connectivity index (χ1) is 15.6. The fourth-order valence-corrected chi connectivity index (χ4v) is 5.75. The highest BCUT2D eigenvalue weighted by Gasteiger charge is 2.29. The minimum atomic E-state index is -4.08. The van der Waals surface area contributed by atoms with Gasteiger partial charge in [0.25, 0.3) is 10.0 Å². The number of aliphatic hydroxyl groups excluding tert-OH is 1. The highest BCUT2D eigenvalue weighted by molar-refractivity contribution is 7.92. The summed E-state index contributed by atoms with van der Waals surface area (Å²) in [6.45, 7) is 1.06. The number of rotatable bonds is 10. The SMILES string of the molecule is COc1ccccc1N(C[C@@H](O)CNS(=O)(=O)c1ccc(C)cc1)S(=O)(=O)c1ccccc1. The van der Waals surface area contributed by atoms with Gasteiger partial charge in [0.05, 0.1) is 35.2 Å². The number of ether oxygens (including phenoxy) is 1. The molecule has 0 spiro atoms. The van der Waals surface area contributed by atoms with Crippen LogP contribution in [0.3, 0.4) is 0 Å². The van der Waals surface area contributed by atoms with E-state index in [1.807, 2.05) is 6.92 Å². The van der Waals surface area contributed by atoms with Crippen molar-refractivity contribution in [2.24, 2.45) is 0 Å². The summed E-state index contributed by atoms with van der Waals surface area (Å²) >= 11 is 0. The largest absolute Gasteiger partial charge is 0.495 e. The first kappa shape index (κ1) is 24.7. The van der Waals surface area contributed by atoms with Gasteiger partial charge in [-0.15, -0.1) is 0 Å². The van der Waals surface area contributed by atoms with E-state index in [2.05, 4.69) is 4.72 Å². The van der Waals surface area contributed by atoms with Gasteiger partial charge >= 0.3 is 0 Å². The summed E-state index contributed by atoms with van der Waals surface area (Å²) in [5.74, 6) is 0.296. The van der Waals surface area contributed by atoms with Crippen molar-refractivity contribution in [3.05, 3.63) is 84.4 Å². The number of nitrogens with one attached hydrogen (secondary N) is 1. The summed E-state index contributed by atoms with van der Waals surface area (Å²) in [5, 5.41) is 10.6. The minimum absolute atomic E-state index is 0.0309. The molecule has 8 nitrogen and oxygen atoms in total. The van der Waals surface area contributed by atoms with Crippen molar-refractivity contribution in [1.29, 1.82) is 0 Å². The van der Waals surface area contributed by atoms with Crippen LogP contribution in [0.5, 0.6) is 5.75 Å². The molecule has 0 heterocycles. The van der Waals surface area contributed by atoms with E-state index in [0.29, 0.717) is 5.75 Å². The van der Waals surface area contributed by atoms with Crippen LogP contribution in [0.4, 0.5) is 5.69 Å². The molecule has 0 aliphatic heterocycles. The molecule has 176 valence electrons. The molecule has 10 heteroatoms. The van der Waals surface area contributed by atoms with Gasteiger partial charge in [-0.25, -0.2) is 21.6 Å². The molecule has 0 fully saturated rings. The average molecular weight is 491 g/mol. The van der Waals surface area contributed by atoms with Gasteiger partial charge in [0.1, 0.15) is 5.75 Å². The maximum absolute atomic E-state index is 13.4. The Labute approximate surface area is 194 Å². The lowest BCUT2D eigenvalue weighted by atomic mass is 10.2. The summed E-state index contributed by atoms with van der Waals surface area (Å²) in [6, 6.07) is 20.6. The normalized spacial score (nSPS) is 12.8. The molecule has 3 rings (SSSR count). The zero-order valence-electron chi connectivity index (χ0n) is 18.2. The molecule has 0 unspecified atom stereocenters. The van der Waals surface area contributed by atoms with E-state index in [1.54, 1.807) is 54.6 Å². The maximum atomic E-state index is 13.4. The van der Waals surface area contributed by atoms with E-state index >= 15 is 0 Å². The lowest BCUT2D eigenvalue weighted by Gasteiger charge is -2.28. The van der Waals surface area contributed by atoms with Crippen molar-refractivity contribution >= 4 is 25.7 Å². The first-order valence-electron chi connectivity index (χ1n) is 10.1. The highest BCUT2D eigenvalue weighted by Crippen LogP contribution is 2.32. The summed E-state index contributed by atoms with van der Waals surface area (Å²) in [7, 11) is -6.54. The van der Waals surface area contributed by atoms with E-state index in [9.17, 15) is 21.9 Å². The topological polar surface area (TPSA) is 113 Å². The molecule has 0 saturated heterocycles. The first-order valence-corrected chi connectivity index (χ1v) is 13.0. The van der Waals surface area contributed by atoms with Gasteiger partial charge in [0.15, 0.2) is 0 Å². The summed E-state index contributed by atoms with van der Waals surface area (Å²) < 4.78 is 60.6. The molecule has 0 bridgehead atoms. The van der Waals surface area contributed by atoms with Crippen LogP contribution in [0, 0.1) is 6.92 Å². The van der Waals surface area contributed by atoms with Crippen LogP contribution >= 0.6 is 0 Å². The molecule has 0 saturated carbocycles. The Kier molecular flexibility index (Phi) is 7.75. The Bertz CT molecular complexity index is 1280. The molecular formula is C23H26N2O6S2. The minimum Gasteiger partial charge on any atom is -0.495 e. The van der Waals surface area contributed by atoms with Crippen LogP contribution in [0.1, 0.15) is 5.56 Å². The number of nitrogens with zero attached hydrogens (tertiary/aromatic N) is 1. The number of para-hydroxylation sites is 2. The van der Waals surface area contributed by atoms with Crippen LogP contribution in [0.2, 0.25) is 0 Å². The molecule has 2 N–H and O–H groups in total. The van der Waals surface area contributed by atoms with Gasteiger partial charge in [-0.2, -0.15) is 0 Å². The second-order valence-electron chi connectivity index (χ2n) is 7.34. The second-order valence-corrected chi connectivity index (χ2v) is 11.0. The molecule has 0 amide bonds. The van der Waals surface area contributed by atoms with Crippen molar-refractivity contribution in [2.75, 3.05) is 24.5 Å². The number of anilines is 1. The Morgan fingerprint density at radius 3 is 2.12 bits per heavy atom. The number of hydrogen-bond donors (Lipinski definition) is 2. The third kappa shape index (κ3) is 5.91. The predicted octanol–water partition coefficient (Wildman–Crippen LogP) is 2.54. The quantitative estimate of drug-likeness (QED) is 0.452. The zero-order chi connectivity index (χ0) is 24.1. The van der Waals surface area contributed by atoms with Crippen LogP contribution in [0.25, 0.3) is 0 Å². The van der Waals surface area contributed by atoms with E-state index in [1.165, 1.54) is 31.4 Å². The number of aliphatic hydroxyl groups is 1. The average Bonchev–Trinajstić information content (AvgIpc) is 2.82. The zero-order valence-corrected chi connectivity index (χ0v) is 19.9. The Morgan fingerprint density at radius 2 is 1.48 bits per heavy atom. The lowest BCUT2D eigenvalue weighted by Crippen LogP contribution is -2.43. The van der Waals surface area contributed by atoms with Crippen LogP contribution in [-0.2, 0) is 20.0 Å². The van der Waals surface area contributed by atoms with Crippen molar-refractivity contribution in [1.82, 2.24) is 4.72 Å². The Hall–Kier alpha value is -2.92. The number of benzene rings is 3. The van der Waals surface area contributed by atoms with Crippen molar-refractivity contribution in [3.8, 4) is 5.75 Å². The smallest absolute Gasteiger partial charge is 0.264 e. The molecular weight excluding hydrogens is 464 g/mol. The van der Waals surface area contributed by atoms with Crippen LogP contribution in [0.15, 0.2) is 88.7 Å². The van der Waals surface area contributed by atoms with Crippen molar-refractivity contribution in [3.63, 3.8) is 0 Å². The molecule has 3 aromatic carbocycles. The van der Waals surface area contributed by atoms with E-state index in [0.717, 1.165) is 9.87 Å². The van der Waals surface area contributed by atoms with Crippen LogP contribution < -0.4 is 13.8 Å². The van der Waals surface area contributed by atoms with Gasteiger partial charge in [0, 0.05) is 6.54 Å². The van der Waals surface area contributed by atoms with Gasteiger partial charge in [-0.3, -0.25) is 4.31 Å². The molecule has 0 aromatic heterocycles. The predicted molar refractivity (Wildman–Crippen MR) is 126 cm³/mol. The third-order valence-electron chi connectivity index (χ3n) is 4.90. The van der Waals surface area contributed by atoms with E-state index in [-0.39, 0.29) is 22.0 Å². The van der Waals surface area contributed by atoms with Gasteiger partial charge in [-0.1, -0.05) is 48.0 Å². The monoisotopic (exact) mass is 490 g/mol. The number of aryl methyl sites for hydroxylation is 1. The van der Waals surface area contributed by atoms with Gasteiger partial charge < -0.3 is 9.84 Å². The number of methoxy groups -OCH3 is 1. The number of sulfonamides is 2. The maximum Gasteiger partial charge on any atom is 0.264 e. The Morgan fingerprint density at radius 1 is 0.879 bits per heavy atom. The highest BCUT2D eigenvalue weighted by atomic mass is 32.2.